The number of methoxy groups -OCH3 is 2. The van der Waals surface area contributed by atoms with E-state index in [1.165, 1.54) is 0 Å². The Morgan fingerprint density at radius 2 is 2.36 bits per heavy atom. The maximum atomic E-state index is 12.7. The second-order valence-electron chi connectivity index (χ2n) is 5.52. The molecular weight excluding hydrogens is 362 g/mol. The average molecular weight is 404 g/mol. The molecular formula is C19H27N5O4. The number of rotatable bonds is 9. The predicted octanol–water partition coefficient (Wildman–Crippen LogP) is 1.35. The van der Waals surface area contributed by atoms with Crippen molar-refractivity contribution in [1.82, 2.24) is 15.3 Å². The molecule has 0 aliphatic carbocycles. The van der Waals surface area contributed by atoms with E-state index >= 15 is 0 Å². The Morgan fingerprint density at radius 3 is 3.04 bits per heavy atom. The number of fused-ring (bicyclic) bond motifs is 1. The van der Waals surface area contributed by atoms with Gasteiger partial charge in [-0.2, -0.15) is 4.98 Å². The highest BCUT2D eigenvalue weighted by atomic mass is 16.5. The number of anilines is 2. The molecule has 2 aromatic rings. The number of nitrogens with two attached hydrogens (primary N) is 1. The Morgan fingerprint density at radius 1 is 1.54 bits per heavy atom. The largest absolute Gasteiger partial charge is 0.493 e. The van der Waals surface area contributed by atoms with Gasteiger partial charge in [-0.25, -0.2) is 4.98 Å². The lowest BCUT2D eigenvalue weighted by Gasteiger charge is -2.19. The molecule has 1 amide bonds. The first-order valence-corrected chi connectivity index (χ1v) is 8.14. The Bertz CT molecular complexity index is 1350. The van der Waals surface area contributed by atoms with E-state index in [1.807, 2.05) is 0 Å². The summed E-state index contributed by atoms with van der Waals surface area (Å²) in [5, 5.41) is -0.901. The number of ether oxygens (including phenoxy) is 3. The number of benzene rings is 1. The third kappa shape index (κ3) is 4.36. The number of aromatic nitrogens is 2. The summed E-state index contributed by atoms with van der Waals surface area (Å²) in [6.07, 6.45) is -4.78. The number of nitrogens with zero attached hydrogens (tertiary/aromatic N) is 3. The summed E-state index contributed by atoms with van der Waals surface area (Å²) in [5.74, 6) is -4.05. The van der Waals surface area contributed by atoms with Crippen molar-refractivity contribution in [3.8, 4) is 11.5 Å². The Hall–Kier alpha value is -2.81. The van der Waals surface area contributed by atoms with Gasteiger partial charge < -0.3 is 30.1 Å². The lowest BCUT2D eigenvalue weighted by molar-refractivity contribution is -0.130. The van der Waals surface area contributed by atoms with Gasteiger partial charge in [0.1, 0.15) is 11.9 Å². The van der Waals surface area contributed by atoms with Gasteiger partial charge in [0.2, 0.25) is 11.9 Å². The van der Waals surface area contributed by atoms with Crippen molar-refractivity contribution in [2.75, 3.05) is 51.4 Å². The van der Waals surface area contributed by atoms with E-state index in [1.54, 1.807) is 0 Å². The molecule has 1 atom stereocenters. The van der Waals surface area contributed by atoms with Gasteiger partial charge in [0.05, 0.1) is 22.5 Å². The van der Waals surface area contributed by atoms with Gasteiger partial charge in [0, 0.05) is 50.3 Å². The summed E-state index contributed by atoms with van der Waals surface area (Å²) in [6.45, 7) is -11.4. The van der Waals surface area contributed by atoms with Crippen LogP contribution in [-0.2, 0) is 9.53 Å². The number of carbonyl (C=O) groups excluding carboxylic acids is 1. The van der Waals surface area contributed by atoms with E-state index in [2.05, 4.69) is 9.97 Å². The number of amides is 1. The second kappa shape index (κ2) is 8.92. The summed E-state index contributed by atoms with van der Waals surface area (Å²) in [5.41, 5.74) is -0.782. The standard InChI is InChI=1S/C19H27N5O4/c1-24(8-5-7-21-18(25)14-6-4-9-28-14)19-22-13-11-16(27-3)15(26-2)10-12(13)17(20)23-19/h10-11,14H,4-9H2,1-3H3,(H,21,25)(H2,20,22,23)/i1D3,5D2,7D2,8D2,10D,11D/hD3. The summed E-state index contributed by atoms with van der Waals surface area (Å²) in [6, 6.07) is -1.21. The topological polar surface area (TPSA) is 112 Å². The fourth-order valence-electron chi connectivity index (χ4n) is 2.42. The summed E-state index contributed by atoms with van der Waals surface area (Å²) < 4.78 is 130. The van der Waals surface area contributed by atoms with Crippen LogP contribution < -0.4 is 25.4 Å². The number of nitrogens with one attached hydrogen (secondary N) is 1. The van der Waals surface area contributed by atoms with Crippen LogP contribution in [0.25, 0.3) is 10.9 Å². The van der Waals surface area contributed by atoms with Crippen molar-refractivity contribution >= 4 is 28.6 Å². The summed E-state index contributed by atoms with van der Waals surface area (Å²) >= 11 is 0. The van der Waals surface area contributed by atoms with E-state index in [-0.39, 0.29) is 35.1 Å². The third-order valence-electron chi connectivity index (χ3n) is 3.76. The van der Waals surface area contributed by atoms with Gasteiger partial charge in [0.25, 0.3) is 0 Å². The molecule has 1 aliphatic heterocycles. The molecule has 1 saturated heterocycles. The van der Waals surface area contributed by atoms with Crippen LogP contribution >= 0.6 is 0 Å². The molecule has 28 heavy (non-hydrogen) atoms. The predicted molar refractivity (Wildman–Crippen MR) is 107 cm³/mol. The molecule has 0 saturated carbocycles. The number of carbonyl (C=O) groups is 1. The number of hydrogen-bond donors (Lipinski definition) is 2. The highest BCUT2D eigenvalue weighted by Crippen LogP contribution is 2.33. The van der Waals surface area contributed by atoms with Crippen molar-refractivity contribution in [1.29, 1.82) is 0 Å². The van der Waals surface area contributed by atoms with Crippen LogP contribution in [0.1, 0.15) is 34.3 Å². The van der Waals surface area contributed by atoms with E-state index in [0.717, 1.165) is 14.2 Å². The van der Waals surface area contributed by atoms with Crippen molar-refractivity contribution in [3.63, 3.8) is 0 Å². The molecule has 0 bridgehead atoms. The van der Waals surface area contributed by atoms with E-state index < -0.39 is 78.4 Å². The van der Waals surface area contributed by atoms with Crippen molar-refractivity contribution in [2.24, 2.45) is 0 Å². The Labute approximate surface area is 184 Å². The monoisotopic (exact) mass is 403 g/mol. The zero-order valence-corrected chi connectivity index (χ0v) is 15.1. The Balaban J connectivity index is 2.30. The smallest absolute Gasteiger partial charge is 0.249 e. The van der Waals surface area contributed by atoms with Crippen LogP contribution in [0.4, 0.5) is 11.8 Å². The number of nitrogen functional groups attached to an aromatic ring is 1. The summed E-state index contributed by atoms with van der Waals surface area (Å²) in [4.78, 5) is 19.9. The molecule has 1 aliphatic rings. The molecule has 0 radical (unpaired) electrons. The average Bonchev–Trinajstić information content (AvgIpc) is 3.43. The molecule has 1 aromatic heterocycles. The zero-order valence-electron chi connectivity index (χ0n) is 29.1. The quantitative estimate of drug-likeness (QED) is 0.645. The van der Waals surface area contributed by atoms with Gasteiger partial charge in [0.15, 0.2) is 15.7 Å². The van der Waals surface area contributed by atoms with Gasteiger partial charge in [-0.05, 0) is 25.3 Å². The fraction of sp³-hybridized carbons (Fsp3) is 0.526. The molecule has 1 unspecified atom stereocenters. The van der Waals surface area contributed by atoms with E-state index in [9.17, 15) is 4.79 Å². The summed E-state index contributed by atoms with van der Waals surface area (Å²) in [7, 11) is 2.27. The normalized spacial score (nSPS) is 25.3. The van der Waals surface area contributed by atoms with Crippen molar-refractivity contribution in [3.05, 3.63) is 12.1 Å². The van der Waals surface area contributed by atoms with Gasteiger partial charge in [-0.15, -0.1) is 0 Å². The van der Waals surface area contributed by atoms with Crippen LogP contribution in [0.2, 0.25) is 4.24 Å². The lowest BCUT2D eigenvalue weighted by atomic mass is 10.2. The maximum Gasteiger partial charge on any atom is 0.249 e. The first-order valence-electron chi connectivity index (χ1n) is 15.0. The molecule has 152 valence electrons. The minimum atomic E-state index is -4.01. The highest BCUT2D eigenvalue weighted by Gasteiger charge is 2.22. The van der Waals surface area contributed by atoms with Crippen LogP contribution in [0, 0.1) is 0 Å². The van der Waals surface area contributed by atoms with Crippen LogP contribution in [0.15, 0.2) is 12.1 Å². The van der Waals surface area contributed by atoms with Crippen LogP contribution in [-0.4, -0.2) is 62.8 Å². The highest BCUT2D eigenvalue weighted by molar-refractivity contribution is 5.91. The van der Waals surface area contributed by atoms with Gasteiger partial charge >= 0.3 is 0 Å². The third-order valence-corrected chi connectivity index (χ3v) is 3.76. The minimum Gasteiger partial charge on any atom is -0.493 e. The van der Waals surface area contributed by atoms with E-state index in [4.69, 9.17) is 33.5 Å². The SMILES string of the molecule is [2H]c1c(OC)c(OC)c([2H])c2c(N([2H])[2H])nc(N(C([2H])([2H])[2H])C([2H])([2H])C([2H])([2H])C([2H])([2H])N([2H])C(=O)C3CCCO3)nc12. The molecule has 3 rings (SSSR count). The van der Waals surface area contributed by atoms with Crippen LogP contribution in [0.3, 0.4) is 0 Å². The van der Waals surface area contributed by atoms with E-state index in [0.29, 0.717) is 6.42 Å². The van der Waals surface area contributed by atoms with Gasteiger partial charge in [-0.3, -0.25) is 4.79 Å². The molecule has 2 heterocycles. The first-order chi connectivity index (χ1) is 19.2. The number of hydrogen-bond acceptors (Lipinski definition) is 8. The maximum absolute atomic E-state index is 12.7. The van der Waals surface area contributed by atoms with Crippen molar-refractivity contribution < 1.29 is 38.3 Å². The second-order valence-corrected chi connectivity index (χ2v) is 5.52. The fourth-order valence-corrected chi connectivity index (χ4v) is 2.42. The van der Waals surface area contributed by atoms with Crippen molar-refractivity contribution in [2.45, 2.75) is 25.3 Å². The molecule has 0 spiro atoms. The molecule has 1 fully saturated rings. The Kier molecular flexibility index (Phi) is 2.77. The van der Waals surface area contributed by atoms with Gasteiger partial charge in [-0.1, -0.05) is 0 Å². The zero-order chi connectivity index (χ0) is 32.2. The molecule has 9 nitrogen and oxygen atoms in total. The minimum absolute atomic E-state index is 0.105. The molecule has 3 N–H and O–H groups in total. The first kappa shape index (κ1) is 8.69. The molecule has 1 aromatic carbocycles. The molecule has 9 heteroatoms. The van der Waals surface area contributed by atoms with Crippen LogP contribution in [0.5, 0.6) is 11.5 Å². The lowest BCUT2D eigenvalue weighted by Crippen LogP contribution is -2.36.